The zero-order valence-electron chi connectivity index (χ0n) is 9.24. The van der Waals surface area contributed by atoms with E-state index in [1.807, 2.05) is 0 Å². The van der Waals surface area contributed by atoms with E-state index >= 15 is 0 Å². The summed E-state index contributed by atoms with van der Waals surface area (Å²) >= 11 is 0. The van der Waals surface area contributed by atoms with E-state index in [2.05, 4.69) is 11.5 Å². The number of carboxylic acid groups (broad SMARTS) is 2. The largest absolute Gasteiger partial charge is 2.00 e. The number of rotatable bonds is 4. The van der Waals surface area contributed by atoms with E-state index in [0.29, 0.717) is 0 Å². The van der Waals surface area contributed by atoms with E-state index in [9.17, 15) is 0 Å². The van der Waals surface area contributed by atoms with Crippen LogP contribution in [0.5, 0.6) is 0 Å². The first-order valence-electron chi connectivity index (χ1n) is 4.05. The molecule has 0 heterocycles. The van der Waals surface area contributed by atoms with Gasteiger partial charge in [0.15, 0.2) is 0 Å². The maximum atomic E-state index is 9.13. The SMILES string of the molecule is NCC(=O)[O-].NCC(=O)[O-].OCC(O)CO.[Zn+2]. The van der Waals surface area contributed by atoms with Crippen LogP contribution in [0.25, 0.3) is 0 Å². The molecule has 0 bridgehead atoms. The first-order valence-corrected chi connectivity index (χ1v) is 4.05. The summed E-state index contributed by atoms with van der Waals surface area (Å²) in [6, 6.07) is 0. The van der Waals surface area contributed by atoms with Crippen LogP contribution in [0.3, 0.4) is 0 Å². The van der Waals surface area contributed by atoms with Gasteiger partial charge in [-0.1, -0.05) is 0 Å². The number of hydrogen-bond donors (Lipinski definition) is 5. The van der Waals surface area contributed by atoms with Gasteiger partial charge in [0.25, 0.3) is 0 Å². The molecule has 0 atom stereocenters. The molecule has 0 aliphatic rings. The Morgan fingerprint density at radius 2 is 1.18 bits per heavy atom. The molecule has 0 saturated carbocycles. The van der Waals surface area contributed by atoms with Gasteiger partial charge in [-0.25, -0.2) is 0 Å². The van der Waals surface area contributed by atoms with Crippen LogP contribution in [0.1, 0.15) is 0 Å². The van der Waals surface area contributed by atoms with Gasteiger partial charge < -0.3 is 46.6 Å². The molecule has 0 aliphatic carbocycles. The third kappa shape index (κ3) is 50.6. The molecule has 0 aliphatic heterocycles. The van der Waals surface area contributed by atoms with Crippen LogP contribution < -0.4 is 21.7 Å². The average Bonchev–Trinajstić information content (AvgIpc) is 2.29. The second kappa shape index (κ2) is 20.7. The van der Waals surface area contributed by atoms with Crippen molar-refractivity contribution in [3.63, 3.8) is 0 Å². The molecule has 0 aromatic carbocycles. The number of nitrogens with two attached hydrogens (primary N) is 2. The summed E-state index contributed by atoms with van der Waals surface area (Å²) in [5.41, 5.74) is 9.02. The number of aliphatic hydroxyl groups is 3. The summed E-state index contributed by atoms with van der Waals surface area (Å²) in [6.07, 6.45) is -0.954. The third-order valence-electron chi connectivity index (χ3n) is 0.755. The van der Waals surface area contributed by atoms with Crippen molar-refractivity contribution in [2.45, 2.75) is 6.10 Å². The van der Waals surface area contributed by atoms with Crippen LogP contribution in [0.2, 0.25) is 0 Å². The molecule has 0 aromatic rings. The van der Waals surface area contributed by atoms with E-state index in [1.54, 1.807) is 0 Å². The first kappa shape index (κ1) is 25.3. The molecule has 7 N–H and O–H groups in total. The summed E-state index contributed by atoms with van der Waals surface area (Å²) in [4.78, 5) is 18.3. The van der Waals surface area contributed by atoms with Gasteiger partial charge in [-0.05, 0) is 0 Å². The molecule has 98 valence electrons. The van der Waals surface area contributed by atoms with Gasteiger partial charge in [-0.15, -0.1) is 0 Å². The number of carbonyl (C=O) groups excluding carboxylic acids is 2. The molecule has 0 saturated heterocycles. The molecule has 0 amide bonds. The Hall–Kier alpha value is -0.637. The van der Waals surface area contributed by atoms with Crippen LogP contribution >= 0.6 is 0 Å². The number of carbonyl (C=O) groups is 2. The summed E-state index contributed by atoms with van der Waals surface area (Å²) < 4.78 is 0. The molecule has 0 aromatic heterocycles. The van der Waals surface area contributed by atoms with Gasteiger partial charge in [-0.2, -0.15) is 0 Å². The summed E-state index contributed by atoms with van der Waals surface area (Å²) in [7, 11) is 0. The van der Waals surface area contributed by atoms with E-state index in [-0.39, 0.29) is 45.8 Å². The van der Waals surface area contributed by atoms with Gasteiger partial charge >= 0.3 is 19.5 Å². The molecular formula is C7H16N2O7Zn. The second-order valence-corrected chi connectivity index (χ2v) is 2.17. The van der Waals surface area contributed by atoms with Crippen LogP contribution in [0, 0.1) is 0 Å². The fourth-order valence-electron chi connectivity index (χ4n) is 0.0577. The zero-order chi connectivity index (χ0) is 13.6. The monoisotopic (exact) mass is 304 g/mol. The minimum Gasteiger partial charge on any atom is -0.549 e. The van der Waals surface area contributed by atoms with Gasteiger partial charge in [0.2, 0.25) is 0 Å². The summed E-state index contributed by atoms with van der Waals surface area (Å²) in [6.45, 7) is -1.51. The zero-order valence-corrected chi connectivity index (χ0v) is 12.2. The summed E-state index contributed by atoms with van der Waals surface area (Å²) in [5, 5.41) is 42.3. The number of carboxylic acids is 2. The van der Waals surface area contributed by atoms with Crippen molar-refractivity contribution in [2.75, 3.05) is 26.3 Å². The van der Waals surface area contributed by atoms with Crippen molar-refractivity contribution in [2.24, 2.45) is 11.5 Å². The Balaban J connectivity index is -0.0000000729. The number of aliphatic hydroxyl groups excluding tert-OH is 3. The van der Waals surface area contributed by atoms with Gasteiger partial charge in [0.05, 0.1) is 25.2 Å². The average molecular weight is 306 g/mol. The molecule has 0 radical (unpaired) electrons. The van der Waals surface area contributed by atoms with Crippen molar-refractivity contribution in [3.8, 4) is 0 Å². The minimum atomic E-state index is -1.22. The molecule has 0 fully saturated rings. The molecule has 9 nitrogen and oxygen atoms in total. The number of aliphatic carboxylic acids is 2. The van der Waals surface area contributed by atoms with Crippen molar-refractivity contribution in [1.82, 2.24) is 0 Å². The quantitative estimate of drug-likeness (QED) is 0.314. The Labute approximate surface area is 111 Å². The van der Waals surface area contributed by atoms with E-state index in [1.165, 1.54) is 0 Å². The van der Waals surface area contributed by atoms with Crippen LogP contribution in [0.4, 0.5) is 0 Å². The van der Waals surface area contributed by atoms with Crippen molar-refractivity contribution in [3.05, 3.63) is 0 Å². The smallest absolute Gasteiger partial charge is 0.549 e. The van der Waals surface area contributed by atoms with Crippen molar-refractivity contribution >= 4 is 11.9 Å². The predicted molar refractivity (Wildman–Crippen MR) is 48.3 cm³/mol. The fourth-order valence-corrected chi connectivity index (χ4v) is 0.0577. The maximum absolute atomic E-state index is 9.13. The van der Waals surface area contributed by atoms with E-state index < -0.39 is 18.0 Å². The Kier molecular flexibility index (Phi) is 30.8. The maximum Gasteiger partial charge on any atom is 2.00 e. The standard InChI is InChI=1S/C3H8O3.2C2H5NO2.Zn/c4-1-3(6)2-5;2*3-1-2(4)5;/h3-6H,1-2H2;2*1,3H2,(H,4,5);/q;;;+2/p-2. The van der Waals surface area contributed by atoms with E-state index in [0.717, 1.165) is 0 Å². The topological polar surface area (TPSA) is 193 Å². The Bertz CT molecular complexity index is 164. The third-order valence-corrected chi connectivity index (χ3v) is 0.755. The molecule has 10 heteroatoms. The molecule has 0 spiro atoms. The molecule has 17 heavy (non-hydrogen) atoms. The van der Waals surface area contributed by atoms with Crippen LogP contribution in [0.15, 0.2) is 0 Å². The van der Waals surface area contributed by atoms with Crippen LogP contribution in [-0.2, 0) is 29.1 Å². The van der Waals surface area contributed by atoms with E-state index in [4.69, 9.17) is 35.1 Å². The molecule has 0 unspecified atom stereocenters. The Morgan fingerprint density at radius 3 is 1.18 bits per heavy atom. The predicted octanol–water partition coefficient (Wildman–Crippen LogP) is -6.28. The van der Waals surface area contributed by atoms with Gasteiger partial charge in [0.1, 0.15) is 6.10 Å². The summed E-state index contributed by atoms with van der Waals surface area (Å²) in [5.74, 6) is -2.44. The minimum absolute atomic E-state index is 0. The van der Waals surface area contributed by atoms with Crippen molar-refractivity contribution in [1.29, 1.82) is 0 Å². The van der Waals surface area contributed by atoms with Gasteiger partial charge in [0, 0.05) is 13.1 Å². The molecule has 0 rings (SSSR count). The normalized spacial score (nSPS) is 7.88. The fraction of sp³-hybridized carbons (Fsp3) is 0.714. The second-order valence-electron chi connectivity index (χ2n) is 2.17. The first-order chi connectivity index (χ1) is 7.35. The van der Waals surface area contributed by atoms with Gasteiger partial charge in [-0.3, -0.25) is 0 Å². The number of hydrogen-bond acceptors (Lipinski definition) is 9. The van der Waals surface area contributed by atoms with Crippen molar-refractivity contribution < 1.29 is 54.6 Å². The van der Waals surface area contributed by atoms with Crippen LogP contribution in [-0.4, -0.2) is 59.7 Å². The Morgan fingerprint density at radius 1 is 1.00 bits per heavy atom. The molecular weight excluding hydrogens is 289 g/mol.